The van der Waals surface area contributed by atoms with Gasteiger partial charge in [0.05, 0.1) is 6.10 Å². The lowest BCUT2D eigenvalue weighted by atomic mass is 10.0. The molecule has 0 saturated carbocycles. The normalized spacial score (nSPS) is 20.6. The monoisotopic (exact) mass is 342 g/mol. The Hall–Kier alpha value is -2.24. The van der Waals surface area contributed by atoms with Crippen LogP contribution in [-0.4, -0.2) is 47.6 Å². The number of likely N-dealkylation sites (tertiary alicyclic amines) is 1. The van der Waals surface area contributed by atoms with Gasteiger partial charge in [-0.05, 0) is 41.8 Å². The van der Waals surface area contributed by atoms with E-state index in [1.807, 2.05) is 24.3 Å². The third kappa shape index (κ3) is 4.06. The standard InChI is InChI=1S/C20H23FN2O2/c1-22(2)20(25)16-7-3-5-14(9-16)12-23-13-18(24)11-19(23)15-6-4-8-17(21)10-15/h3-10,18-19,24H,11-13H2,1-2H3/t18-,19+/m1/s1. The van der Waals surface area contributed by atoms with Gasteiger partial charge >= 0.3 is 0 Å². The number of aliphatic hydroxyl groups excluding tert-OH is 1. The lowest BCUT2D eigenvalue weighted by Gasteiger charge is -2.25. The molecule has 5 heteroatoms. The van der Waals surface area contributed by atoms with Gasteiger partial charge in [0, 0.05) is 38.8 Å². The molecular formula is C20H23FN2O2. The van der Waals surface area contributed by atoms with Gasteiger partial charge in [0.1, 0.15) is 5.82 Å². The highest BCUT2D eigenvalue weighted by atomic mass is 19.1. The van der Waals surface area contributed by atoms with Gasteiger partial charge in [-0.3, -0.25) is 9.69 Å². The number of β-amino-alcohol motifs (C(OH)–C–C–N with tert-alkyl or cyclic N) is 1. The van der Waals surface area contributed by atoms with Crippen molar-refractivity contribution >= 4 is 5.91 Å². The molecule has 132 valence electrons. The SMILES string of the molecule is CN(C)C(=O)c1cccc(CN2C[C@H](O)C[C@H]2c2cccc(F)c2)c1. The van der Waals surface area contributed by atoms with Gasteiger partial charge in [0.15, 0.2) is 0 Å². The van der Waals surface area contributed by atoms with E-state index < -0.39 is 6.10 Å². The summed E-state index contributed by atoms with van der Waals surface area (Å²) in [7, 11) is 3.46. The molecule has 1 amide bonds. The number of aliphatic hydroxyl groups is 1. The third-order valence-electron chi connectivity index (χ3n) is 4.58. The fourth-order valence-corrected chi connectivity index (χ4v) is 3.41. The molecule has 1 saturated heterocycles. The number of amides is 1. The number of carbonyl (C=O) groups excluding carboxylic acids is 1. The molecular weight excluding hydrogens is 319 g/mol. The van der Waals surface area contributed by atoms with E-state index in [0.717, 1.165) is 11.1 Å². The van der Waals surface area contributed by atoms with Crippen LogP contribution in [-0.2, 0) is 6.54 Å². The first-order chi connectivity index (χ1) is 11.9. The zero-order chi connectivity index (χ0) is 18.0. The summed E-state index contributed by atoms with van der Waals surface area (Å²) in [5.74, 6) is -0.303. The average molecular weight is 342 g/mol. The lowest BCUT2D eigenvalue weighted by Crippen LogP contribution is -2.25. The molecule has 1 heterocycles. The maximum atomic E-state index is 13.6. The highest BCUT2D eigenvalue weighted by molar-refractivity contribution is 5.94. The Balaban J connectivity index is 1.81. The zero-order valence-electron chi connectivity index (χ0n) is 14.5. The van der Waals surface area contributed by atoms with Crippen LogP contribution in [0.3, 0.4) is 0 Å². The number of hydrogen-bond donors (Lipinski definition) is 1. The van der Waals surface area contributed by atoms with Crippen LogP contribution < -0.4 is 0 Å². The molecule has 2 aromatic carbocycles. The summed E-state index contributed by atoms with van der Waals surface area (Å²) in [6.07, 6.45) is 0.152. The summed E-state index contributed by atoms with van der Waals surface area (Å²) >= 11 is 0. The van der Waals surface area contributed by atoms with E-state index in [9.17, 15) is 14.3 Å². The number of rotatable bonds is 4. The van der Waals surface area contributed by atoms with E-state index in [0.29, 0.717) is 25.1 Å². The summed E-state index contributed by atoms with van der Waals surface area (Å²) in [5, 5.41) is 10.1. The molecule has 1 fully saturated rings. The van der Waals surface area contributed by atoms with Crippen LogP contribution in [0.1, 0.15) is 33.9 Å². The second-order valence-corrected chi connectivity index (χ2v) is 6.79. The first kappa shape index (κ1) is 17.6. The molecule has 4 nitrogen and oxygen atoms in total. The van der Waals surface area contributed by atoms with E-state index in [4.69, 9.17) is 0 Å². The molecule has 0 spiro atoms. The molecule has 2 aromatic rings. The minimum atomic E-state index is -0.431. The van der Waals surface area contributed by atoms with Crippen LogP contribution >= 0.6 is 0 Å². The smallest absolute Gasteiger partial charge is 0.253 e. The predicted molar refractivity (Wildman–Crippen MR) is 94.6 cm³/mol. The van der Waals surface area contributed by atoms with Gasteiger partial charge in [-0.25, -0.2) is 4.39 Å². The Morgan fingerprint density at radius 1 is 1.24 bits per heavy atom. The molecule has 25 heavy (non-hydrogen) atoms. The maximum Gasteiger partial charge on any atom is 0.253 e. The van der Waals surface area contributed by atoms with Crippen molar-refractivity contribution in [2.24, 2.45) is 0 Å². The van der Waals surface area contributed by atoms with Gasteiger partial charge in [-0.1, -0.05) is 24.3 Å². The number of hydrogen-bond acceptors (Lipinski definition) is 3. The van der Waals surface area contributed by atoms with Crippen LogP contribution in [0.2, 0.25) is 0 Å². The summed E-state index contributed by atoms with van der Waals surface area (Å²) in [5.41, 5.74) is 2.52. The third-order valence-corrected chi connectivity index (χ3v) is 4.58. The zero-order valence-corrected chi connectivity index (χ0v) is 14.5. The molecule has 0 bridgehead atoms. The van der Waals surface area contributed by atoms with E-state index in [-0.39, 0.29) is 17.8 Å². The highest BCUT2D eigenvalue weighted by Crippen LogP contribution is 2.33. The minimum Gasteiger partial charge on any atom is -0.392 e. The second kappa shape index (κ2) is 7.33. The van der Waals surface area contributed by atoms with Crippen LogP contribution in [0.4, 0.5) is 4.39 Å². The van der Waals surface area contributed by atoms with Crippen molar-refractivity contribution in [2.75, 3.05) is 20.6 Å². The summed E-state index contributed by atoms with van der Waals surface area (Å²) < 4.78 is 13.6. The minimum absolute atomic E-state index is 0.0288. The van der Waals surface area contributed by atoms with Crippen molar-refractivity contribution in [1.82, 2.24) is 9.80 Å². The molecule has 1 aliphatic rings. The van der Waals surface area contributed by atoms with Crippen molar-refractivity contribution in [3.05, 3.63) is 71.0 Å². The second-order valence-electron chi connectivity index (χ2n) is 6.79. The summed E-state index contributed by atoms with van der Waals surface area (Å²) in [6, 6.07) is 14.0. The number of halogens is 1. The first-order valence-electron chi connectivity index (χ1n) is 8.42. The van der Waals surface area contributed by atoms with Crippen LogP contribution in [0.15, 0.2) is 48.5 Å². The molecule has 1 N–H and O–H groups in total. The summed E-state index contributed by atoms with van der Waals surface area (Å²) in [6.45, 7) is 1.14. The van der Waals surface area contributed by atoms with Crippen LogP contribution in [0.5, 0.6) is 0 Å². The predicted octanol–water partition coefficient (Wildman–Crippen LogP) is 2.84. The topological polar surface area (TPSA) is 43.8 Å². The van der Waals surface area contributed by atoms with Gasteiger partial charge in [-0.15, -0.1) is 0 Å². The quantitative estimate of drug-likeness (QED) is 0.929. The van der Waals surface area contributed by atoms with Crippen molar-refractivity contribution in [3.63, 3.8) is 0 Å². The molecule has 3 rings (SSSR count). The van der Waals surface area contributed by atoms with Crippen molar-refractivity contribution < 1.29 is 14.3 Å². The fourth-order valence-electron chi connectivity index (χ4n) is 3.41. The van der Waals surface area contributed by atoms with Gasteiger partial charge in [0.2, 0.25) is 0 Å². The van der Waals surface area contributed by atoms with Gasteiger partial charge < -0.3 is 10.0 Å². The van der Waals surface area contributed by atoms with Gasteiger partial charge in [0.25, 0.3) is 5.91 Å². The van der Waals surface area contributed by atoms with Crippen molar-refractivity contribution in [3.8, 4) is 0 Å². The Labute approximate surface area is 147 Å². The maximum absolute atomic E-state index is 13.6. The Kier molecular flexibility index (Phi) is 5.16. The number of benzene rings is 2. The van der Waals surface area contributed by atoms with E-state index in [1.165, 1.54) is 12.1 Å². The molecule has 0 aliphatic carbocycles. The fraction of sp³-hybridized carbons (Fsp3) is 0.350. The van der Waals surface area contributed by atoms with Crippen molar-refractivity contribution in [1.29, 1.82) is 0 Å². The van der Waals surface area contributed by atoms with Crippen molar-refractivity contribution in [2.45, 2.75) is 25.1 Å². The Morgan fingerprint density at radius 3 is 2.72 bits per heavy atom. The molecule has 0 aromatic heterocycles. The largest absolute Gasteiger partial charge is 0.392 e. The van der Waals surface area contributed by atoms with E-state index in [2.05, 4.69) is 4.90 Å². The molecule has 0 radical (unpaired) electrons. The number of nitrogens with zero attached hydrogens (tertiary/aromatic N) is 2. The lowest BCUT2D eigenvalue weighted by molar-refractivity contribution is 0.0827. The Morgan fingerprint density at radius 2 is 2.00 bits per heavy atom. The van der Waals surface area contributed by atoms with Crippen LogP contribution in [0.25, 0.3) is 0 Å². The highest BCUT2D eigenvalue weighted by Gasteiger charge is 2.32. The number of carbonyl (C=O) groups is 1. The van der Waals surface area contributed by atoms with E-state index >= 15 is 0 Å². The van der Waals surface area contributed by atoms with Crippen LogP contribution in [0, 0.1) is 5.82 Å². The average Bonchev–Trinajstić information content (AvgIpc) is 2.94. The molecule has 1 aliphatic heterocycles. The van der Waals surface area contributed by atoms with Gasteiger partial charge in [-0.2, -0.15) is 0 Å². The molecule has 0 unspecified atom stereocenters. The Bertz CT molecular complexity index is 763. The summed E-state index contributed by atoms with van der Waals surface area (Å²) in [4.78, 5) is 15.8. The molecule has 2 atom stereocenters. The van der Waals surface area contributed by atoms with E-state index in [1.54, 1.807) is 31.1 Å². The first-order valence-corrected chi connectivity index (χ1v) is 8.42.